The molecule has 290 valence electrons. The number of carboxylic acids is 1. The molecule has 1 aliphatic carbocycles. The number of pyridine rings is 1. The molecule has 0 fully saturated rings. The van der Waals surface area contributed by atoms with E-state index in [1.165, 1.54) is 7.11 Å². The molecule has 0 saturated heterocycles. The van der Waals surface area contributed by atoms with E-state index in [1.54, 1.807) is 50.3 Å². The number of allylic oxidation sites excluding steroid dienone is 1. The summed E-state index contributed by atoms with van der Waals surface area (Å²) in [6, 6.07) is 22.2. The largest absolute Gasteiger partial charge is 0.497 e. The summed E-state index contributed by atoms with van der Waals surface area (Å²) in [5.41, 5.74) is 2.94. The number of aliphatic carboxylic acids is 1. The van der Waals surface area contributed by atoms with Gasteiger partial charge in [0.2, 0.25) is 5.91 Å². The number of ketones is 2. The number of fused-ring (bicyclic) bond motifs is 1. The van der Waals surface area contributed by atoms with E-state index in [4.69, 9.17) is 23.9 Å². The molecule has 4 aromatic rings. The van der Waals surface area contributed by atoms with Gasteiger partial charge in [-0.05, 0) is 49.6 Å². The second kappa shape index (κ2) is 18.1. The van der Waals surface area contributed by atoms with Crippen LogP contribution in [-0.4, -0.2) is 67.5 Å². The van der Waals surface area contributed by atoms with Crippen LogP contribution in [0.25, 0.3) is 22.2 Å². The number of hydrogen-bond donors (Lipinski definition) is 1. The molecule has 1 N–H and O–H groups in total. The van der Waals surface area contributed by atoms with Crippen LogP contribution in [0.1, 0.15) is 53.4 Å². The Morgan fingerprint density at radius 2 is 1.55 bits per heavy atom. The molecular formula is C44H50N2O9. The molecule has 1 aromatic heterocycles. The van der Waals surface area contributed by atoms with Gasteiger partial charge in [-0.3, -0.25) is 19.2 Å². The fraction of sp³-hybridized carbons (Fsp3) is 0.386. The molecule has 5 rings (SSSR count). The van der Waals surface area contributed by atoms with Gasteiger partial charge in [0.15, 0.2) is 5.78 Å². The van der Waals surface area contributed by atoms with Crippen LogP contribution < -0.4 is 23.8 Å². The molecule has 0 radical (unpaired) electrons. The fourth-order valence-corrected chi connectivity index (χ4v) is 7.11. The summed E-state index contributed by atoms with van der Waals surface area (Å²) in [7, 11) is 4.65. The summed E-state index contributed by atoms with van der Waals surface area (Å²) in [6.45, 7) is 7.65. The van der Waals surface area contributed by atoms with Crippen LogP contribution in [0.3, 0.4) is 0 Å². The number of methoxy groups -OCH3 is 3. The maximum absolute atomic E-state index is 14.4. The molecule has 1 amide bonds. The second-order valence-electron chi connectivity index (χ2n) is 14.0. The highest BCUT2D eigenvalue weighted by Crippen LogP contribution is 2.39. The molecule has 55 heavy (non-hydrogen) atoms. The maximum Gasteiger partial charge on any atom is 0.306 e. The first kappa shape index (κ1) is 40.5. The first-order chi connectivity index (χ1) is 26.4. The van der Waals surface area contributed by atoms with E-state index in [0.29, 0.717) is 51.8 Å². The molecule has 3 aromatic carbocycles. The Hall–Kier alpha value is -5.71. The number of ether oxygens (including phenoxy) is 4. The lowest BCUT2D eigenvalue weighted by Crippen LogP contribution is -2.39. The number of Topliss-reactive ketones (excluding diaryl/α,β-unsaturated/α-hetero) is 2. The van der Waals surface area contributed by atoms with Gasteiger partial charge < -0.3 is 29.0 Å². The average molecular weight is 751 g/mol. The lowest BCUT2D eigenvalue weighted by Gasteiger charge is -2.30. The Balaban J connectivity index is 1.51. The summed E-state index contributed by atoms with van der Waals surface area (Å²) in [5.74, 6) is -2.66. The summed E-state index contributed by atoms with van der Waals surface area (Å²) in [5, 5.41) is 10.5. The van der Waals surface area contributed by atoms with Crippen LogP contribution in [0.15, 0.2) is 84.4 Å². The Morgan fingerprint density at radius 1 is 0.855 bits per heavy atom. The monoisotopic (exact) mass is 750 g/mol. The number of carboxylic acid groups (broad SMARTS) is 1. The van der Waals surface area contributed by atoms with Crippen LogP contribution in [0.2, 0.25) is 0 Å². The third-order valence-electron chi connectivity index (χ3n) is 10.3. The maximum atomic E-state index is 14.4. The standard InChI is InChI=1S/C44H50N2O9/c1-8-27(44(50)51)19-39(47)34-20-31(55-42-25-36(28-13-11-10-12-14-28)45-37-22-29(52-5)15-17-32(37)42)21-35(34)40(48)24-33(26(3)4)43(49)46(9-2)38-23-30(53-6)16-18-41(38)54-7/h10-18,21-23,25-27,31,33-34H,8-9,19-20,24H2,1-7H3,(H,50,51)/t27-,31?,33+,34?/m1/s1. The minimum atomic E-state index is -1.07. The summed E-state index contributed by atoms with van der Waals surface area (Å²) in [6.07, 6.45) is 0.994. The van der Waals surface area contributed by atoms with Crippen molar-refractivity contribution in [1.82, 2.24) is 4.98 Å². The summed E-state index contributed by atoms with van der Waals surface area (Å²) >= 11 is 0. The van der Waals surface area contributed by atoms with Crippen molar-refractivity contribution in [2.24, 2.45) is 23.7 Å². The number of rotatable bonds is 18. The predicted molar refractivity (Wildman–Crippen MR) is 211 cm³/mol. The predicted octanol–water partition coefficient (Wildman–Crippen LogP) is 7.98. The molecular weight excluding hydrogens is 700 g/mol. The van der Waals surface area contributed by atoms with E-state index < -0.39 is 29.8 Å². The van der Waals surface area contributed by atoms with Crippen LogP contribution in [0.5, 0.6) is 23.0 Å². The van der Waals surface area contributed by atoms with Crippen molar-refractivity contribution in [3.63, 3.8) is 0 Å². The van der Waals surface area contributed by atoms with Crippen LogP contribution in [-0.2, 0) is 19.2 Å². The quantitative estimate of drug-likeness (QED) is 0.106. The van der Waals surface area contributed by atoms with Crippen molar-refractivity contribution in [3.05, 3.63) is 84.4 Å². The van der Waals surface area contributed by atoms with Crippen LogP contribution >= 0.6 is 0 Å². The zero-order chi connectivity index (χ0) is 39.8. The van der Waals surface area contributed by atoms with Gasteiger partial charge in [-0.2, -0.15) is 0 Å². The molecule has 11 nitrogen and oxygen atoms in total. The zero-order valence-corrected chi connectivity index (χ0v) is 32.5. The van der Waals surface area contributed by atoms with Crippen LogP contribution in [0.4, 0.5) is 5.69 Å². The van der Waals surface area contributed by atoms with E-state index in [1.807, 2.05) is 75.4 Å². The van der Waals surface area contributed by atoms with Crippen molar-refractivity contribution < 1.29 is 43.2 Å². The normalized spacial score (nSPS) is 16.3. The molecule has 4 atom stereocenters. The van der Waals surface area contributed by atoms with Crippen molar-refractivity contribution in [3.8, 4) is 34.3 Å². The fourth-order valence-electron chi connectivity index (χ4n) is 7.11. The lowest BCUT2D eigenvalue weighted by atomic mass is 9.82. The van der Waals surface area contributed by atoms with Gasteiger partial charge in [0.05, 0.1) is 44.1 Å². The number of hydrogen-bond acceptors (Lipinski definition) is 9. The number of carbonyl (C=O) groups excluding carboxylic acids is 3. The molecule has 11 heteroatoms. The first-order valence-electron chi connectivity index (χ1n) is 18.7. The van der Waals surface area contributed by atoms with Gasteiger partial charge in [0, 0.05) is 72.4 Å². The molecule has 0 saturated carbocycles. The van der Waals surface area contributed by atoms with Gasteiger partial charge >= 0.3 is 5.97 Å². The Bertz CT molecular complexity index is 2060. The van der Waals surface area contributed by atoms with Gasteiger partial charge in [-0.15, -0.1) is 0 Å². The highest BCUT2D eigenvalue weighted by Gasteiger charge is 2.40. The van der Waals surface area contributed by atoms with Crippen LogP contribution in [0, 0.1) is 23.7 Å². The van der Waals surface area contributed by atoms with Crippen molar-refractivity contribution >= 4 is 40.0 Å². The molecule has 1 aliphatic rings. The van der Waals surface area contributed by atoms with Crippen molar-refractivity contribution in [2.75, 3.05) is 32.8 Å². The topological polar surface area (TPSA) is 142 Å². The number of nitrogens with zero attached hydrogens (tertiary/aromatic N) is 2. The van der Waals surface area contributed by atoms with Gasteiger partial charge in [-0.1, -0.05) is 51.1 Å². The molecule has 0 aliphatic heterocycles. The van der Waals surface area contributed by atoms with Crippen molar-refractivity contribution in [1.29, 1.82) is 0 Å². The minimum absolute atomic E-state index is 0.138. The molecule has 1 heterocycles. The first-order valence-corrected chi connectivity index (χ1v) is 18.7. The zero-order valence-electron chi connectivity index (χ0n) is 32.5. The Morgan fingerprint density at radius 3 is 2.16 bits per heavy atom. The number of carbonyl (C=O) groups is 4. The van der Waals surface area contributed by atoms with E-state index in [9.17, 15) is 24.3 Å². The number of benzene rings is 3. The smallest absolute Gasteiger partial charge is 0.306 e. The Labute approximate surface area is 322 Å². The van der Waals surface area contributed by atoms with Gasteiger partial charge in [-0.25, -0.2) is 4.98 Å². The molecule has 0 bridgehead atoms. The SMILES string of the molecule is CC[C@H](CC(=O)C1CC(Oc2cc(-c3ccccc3)nc3cc(OC)ccc23)C=C1C(=O)C[C@H](C(=O)N(CC)c1cc(OC)ccc1OC)C(C)C)C(=O)O. The lowest BCUT2D eigenvalue weighted by molar-refractivity contribution is -0.144. The Kier molecular flexibility index (Phi) is 13.3. The number of anilines is 1. The second-order valence-corrected chi connectivity index (χ2v) is 14.0. The third-order valence-corrected chi connectivity index (χ3v) is 10.3. The highest BCUT2D eigenvalue weighted by molar-refractivity contribution is 6.06. The third kappa shape index (κ3) is 9.16. The molecule has 2 unspecified atom stereocenters. The van der Waals surface area contributed by atoms with E-state index in [0.717, 1.165) is 5.56 Å². The average Bonchev–Trinajstić information content (AvgIpc) is 3.62. The van der Waals surface area contributed by atoms with Gasteiger partial charge in [0.25, 0.3) is 0 Å². The highest BCUT2D eigenvalue weighted by atomic mass is 16.5. The van der Waals surface area contributed by atoms with Gasteiger partial charge in [0.1, 0.15) is 34.9 Å². The summed E-state index contributed by atoms with van der Waals surface area (Å²) < 4.78 is 23.1. The number of amides is 1. The van der Waals surface area contributed by atoms with E-state index in [2.05, 4.69) is 0 Å². The molecule has 0 spiro atoms. The van der Waals surface area contributed by atoms with E-state index in [-0.39, 0.29) is 54.6 Å². The minimum Gasteiger partial charge on any atom is -0.497 e. The number of aromatic nitrogens is 1. The van der Waals surface area contributed by atoms with Crippen molar-refractivity contribution in [2.45, 2.75) is 59.5 Å². The summed E-state index contributed by atoms with van der Waals surface area (Å²) in [4.78, 5) is 61.1. The van der Waals surface area contributed by atoms with E-state index >= 15 is 0 Å².